The third-order valence-electron chi connectivity index (χ3n) is 3.70. The van der Waals surface area contributed by atoms with Crippen LogP contribution in [-0.2, 0) is 9.53 Å². The first kappa shape index (κ1) is 18.4. The number of nitrogens with one attached hydrogen (secondary N) is 1. The molecule has 1 N–H and O–H groups in total. The molecule has 2 aromatic rings. The Morgan fingerprint density at radius 1 is 1.00 bits per heavy atom. The fourth-order valence-corrected chi connectivity index (χ4v) is 2.33. The van der Waals surface area contributed by atoms with Crippen molar-refractivity contribution in [1.29, 1.82) is 0 Å². The standard InChI is InChI=1S/C19H19NO7/c1-23-14-3-5-15(6-4-14)24-8-9-25-18(21)11-20-19(22)13-2-7-16-17(10-13)27-12-26-16/h2-7,10H,8-9,11-12H2,1H3,(H,20,22). The van der Waals surface area contributed by atoms with Crippen molar-refractivity contribution in [3.05, 3.63) is 48.0 Å². The predicted octanol–water partition coefficient (Wildman–Crippen LogP) is 1.78. The number of hydrogen-bond acceptors (Lipinski definition) is 7. The summed E-state index contributed by atoms with van der Waals surface area (Å²) < 4.78 is 25.9. The van der Waals surface area contributed by atoms with Crippen LogP contribution in [0, 0.1) is 0 Å². The maximum atomic E-state index is 12.1. The Kier molecular flexibility index (Phi) is 5.98. The highest BCUT2D eigenvalue weighted by Gasteiger charge is 2.16. The summed E-state index contributed by atoms with van der Waals surface area (Å²) in [5.41, 5.74) is 0.370. The van der Waals surface area contributed by atoms with Crippen molar-refractivity contribution in [1.82, 2.24) is 5.32 Å². The van der Waals surface area contributed by atoms with Crippen molar-refractivity contribution < 1.29 is 33.3 Å². The van der Waals surface area contributed by atoms with Gasteiger partial charge < -0.3 is 29.0 Å². The SMILES string of the molecule is COc1ccc(OCCOC(=O)CNC(=O)c2ccc3c(c2)OCO3)cc1. The highest BCUT2D eigenvalue weighted by molar-refractivity contribution is 5.96. The summed E-state index contributed by atoms with van der Waals surface area (Å²) in [5, 5.41) is 2.50. The van der Waals surface area contributed by atoms with Crippen LogP contribution in [-0.4, -0.2) is 45.5 Å². The second-order valence-electron chi connectivity index (χ2n) is 5.50. The zero-order chi connectivity index (χ0) is 19.1. The van der Waals surface area contributed by atoms with Gasteiger partial charge in [-0.05, 0) is 42.5 Å². The first-order chi connectivity index (χ1) is 13.2. The van der Waals surface area contributed by atoms with Crippen LogP contribution >= 0.6 is 0 Å². The van der Waals surface area contributed by atoms with Crippen molar-refractivity contribution >= 4 is 11.9 Å². The van der Waals surface area contributed by atoms with Gasteiger partial charge in [0, 0.05) is 5.56 Å². The number of ether oxygens (including phenoxy) is 5. The van der Waals surface area contributed by atoms with E-state index >= 15 is 0 Å². The summed E-state index contributed by atoms with van der Waals surface area (Å²) in [4.78, 5) is 23.8. The Balaban J connectivity index is 1.35. The van der Waals surface area contributed by atoms with Gasteiger partial charge in [0.15, 0.2) is 11.5 Å². The second-order valence-corrected chi connectivity index (χ2v) is 5.50. The Morgan fingerprint density at radius 2 is 1.74 bits per heavy atom. The maximum Gasteiger partial charge on any atom is 0.325 e. The van der Waals surface area contributed by atoms with E-state index in [9.17, 15) is 9.59 Å². The third-order valence-corrected chi connectivity index (χ3v) is 3.70. The molecule has 0 saturated carbocycles. The second kappa shape index (κ2) is 8.79. The molecule has 8 nitrogen and oxygen atoms in total. The van der Waals surface area contributed by atoms with E-state index in [-0.39, 0.29) is 26.6 Å². The topological polar surface area (TPSA) is 92.3 Å². The third kappa shape index (κ3) is 5.04. The minimum Gasteiger partial charge on any atom is -0.497 e. The van der Waals surface area contributed by atoms with E-state index in [2.05, 4.69) is 5.32 Å². The maximum absolute atomic E-state index is 12.1. The molecule has 1 aliphatic rings. The van der Waals surface area contributed by atoms with Crippen molar-refractivity contribution in [2.45, 2.75) is 0 Å². The molecule has 1 aliphatic heterocycles. The van der Waals surface area contributed by atoms with Crippen LogP contribution in [0.15, 0.2) is 42.5 Å². The van der Waals surface area contributed by atoms with E-state index in [1.54, 1.807) is 49.6 Å². The average Bonchev–Trinajstić information content (AvgIpc) is 3.17. The largest absolute Gasteiger partial charge is 0.497 e. The summed E-state index contributed by atoms with van der Waals surface area (Å²) in [6, 6.07) is 11.9. The van der Waals surface area contributed by atoms with Crippen molar-refractivity contribution in [2.75, 3.05) is 33.7 Å². The highest BCUT2D eigenvalue weighted by atomic mass is 16.7. The number of carbonyl (C=O) groups excluding carboxylic acids is 2. The van der Waals surface area contributed by atoms with E-state index in [0.29, 0.717) is 22.8 Å². The van der Waals surface area contributed by atoms with Crippen LogP contribution in [0.5, 0.6) is 23.0 Å². The Bertz CT molecular complexity index is 804. The summed E-state index contributed by atoms with van der Waals surface area (Å²) in [6.07, 6.45) is 0. The van der Waals surface area contributed by atoms with E-state index < -0.39 is 11.9 Å². The van der Waals surface area contributed by atoms with Gasteiger partial charge in [0.2, 0.25) is 6.79 Å². The molecule has 27 heavy (non-hydrogen) atoms. The van der Waals surface area contributed by atoms with E-state index in [1.807, 2.05) is 0 Å². The number of hydrogen-bond donors (Lipinski definition) is 1. The number of rotatable bonds is 8. The predicted molar refractivity (Wildman–Crippen MR) is 94.3 cm³/mol. The van der Waals surface area contributed by atoms with Gasteiger partial charge in [-0.2, -0.15) is 0 Å². The molecule has 1 amide bonds. The van der Waals surface area contributed by atoms with E-state index in [0.717, 1.165) is 5.75 Å². The van der Waals surface area contributed by atoms with Gasteiger partial charge in [0.05, 0.1) is 7.11 Å². The van der Waals surface area contributed by atoms with Gasteiger partial charge in [-0.25, -0.2) is 0 Å². The molecule has 1 heterocycles. The van der Waals surface area contributed by atoms with Gasteiger partial charge in [-0.15, -0.1) is 0 Å². The number of carbonyl (C=O) groups is 2. The molecule has 0 aliphatic carbocycles. The number of esters is 1. The zero-order valence-corrected chi connectivity index (χ0v) is 14.7. The summed E-state index contributed by atoms with van der Waals surface area (Å²) in [5.74, 6) is 1.50. The molecule has 2 aromatic carbocycles. The molecular weight excluding hydrogens is 354 g/mol. The summed E-state index contributed by atoms with van der Waals surface area (Å²) in [6.45, 7) is 0.167. The minimum atomic E-state index is -0.553. The molecular formula is C19H19NO7. The summed E-state index contributed by atoms with van der Waals surface area (Å²) >= 11 is 0. The van der Waals surface area contributed by atoms with E-state index in [4.69, 9.17) is 23.7 Å². The van der Waals surface area contributed by atoms with Crippen molar-refractivity contribution in [3.8, 4) is 23.0 Å². The quantitative estimate of drug-likeness (QED) is 0.557. The Morgan fingerprint density at radius 3 is 2.52 bits per heavy atom. The van der Waals surface area contributed by atoms with Crippen molar-refractivity contribution in [3.63, 3.8) is 0 Å². The molecule has 142 valence electrons. The monoisotopic (exact) mass is 373 g/mol. The molecule has 0 bridgehead atoms. The molecule has 0 unspecified atom stereocenters. The lowest BCUT2D eigenvalue weighted by atomic mass is 10.2. The molecule has 0 radical (unpaired) electrons. The van der Waals surface area contributed by atoms with Gasteiger partial charge in [0.1, 0.15) is 31.3 Å². The zero-order valence-electron chi connectivity index (χ0n) is 14.7. The van der Waals surface area contributed by atoms with Gasteiger partial charge in [-0.3, -0.25) is 9.59 Å². The lowest BCUT2D eigenvalue weighted by molar-refractivity contribution is -0.143. The minimum absolute atomic E-state index is 0.0742. The Labute approximate surface area is 155 Å². The van der Waals surface area contributed by atoms with Crippen LogP contribution in [0.1, 0.15) is 10.4 Å². The molecule has 0 fully saturated rings. The first-order valence-electron chi connectivity index (χ1n) is 8.26. The molecule has 3 rings (SSSR count). The van der Waals surface area contributed by atoms with Crippen LogP contribution in [0.3, 0.4) is 0 Å². The lowest BCUT2D eigenvalue weighted by Crippen LogP contribution is -2.31. The lowest BCUT2D eigenvalue weighted by Gasteiger charge is -2.09. The Hall–Kier alpha value is -3.42. The average molecular weight is 373 g/mol. The molecule has 0 saturated heterocycles. The van der Waals surface area contributed by atoms with Crippen LogP contribution in [0.2, 0.25) is 0 Å². The fraction of sp³-hybridized carbons (Fsp3) is 0.263. The highest BCUT2D eigenvalue weighted by Crippen LogP contribution is 2.32. The number of methoxy groups -OCH3 is 1. The van der Waals surface area contributed by atoms with Gasteiger partial charge >= 0.3 is 5.97 Å². The first-order valence-corrected chi connectivity index (χ1v) is 8.26. The smallest absolute Gasteiger partial charge is 0.325 e. The van der Waals surface area contributed by atoms with E-state index in [1.165, 1.54) is 0 Å². The van der Waals surface area contributed by atoms with Crippen LogP contribution in [0.25, 0.3) is 0 Å². The number of amides is 1. The molecule has 0 aromatic heterocycles. The van der Waals surface area contributed by atoms with Crippen LogP contribution in [0.4, 0.5) is 0 Å². The number of fused-ring (bicyclic) bond motifs is 1. The van der Waals surface area contributed by atoms with Gasteiger partial charge in [-0.1, -0.05) is 0 Å². The fourth-order valence-electron chi connectivity index (χ4n) is 2.33. The van der Waals surface area contributed by atoms with Gasteiger partial charge in [0.25, 0.3) is 5.91 Å². The molecule has 0 atom stereocenters. The molecule has 0 spiro atoms. The normalized spacial score (nSPS) is 11.6. The number of benzene rings is 2. The summed E-state index contributed by atoms with van der Waals surface area (Å²) in [7, 11) is 1.58. The molecule has 8 heteroatoms. The van der Waals surface area contributed by atoms with Crippen LogP contribution < -0.4 is 24.3 Å². The van der Waals surface area contributed by atoms with Crippen molar-refractivity contribution in [2.24, 2.45) is 0 Å².